The first-order valence-corrected chi connectivity index (χ1v) is 9.57. The molecule has 0 radical (unpaired) electrons. The monoisotopic (exact) mass is 412 g/mol. The predicted octanol–water partition coefficient (Wildman–Crippen LogP) is 4.50. The number of esters is 1. The fraction of sp³-hybridized carbons (Fsp3) is 0.208. The lowest BCUT2D eigenvalue weighted by Crippen LogP contribution is -2.38. The molecular formula is C24H20F3NO2. The first-order chi connectivity index (χ1) is 14.9. The van der Waals surface area contributed by atoms with Crippen LogP contribution >= 0.6 is 0 Å². The van der Waals surface area contributed by atoms with Crippen LogP contribution in [0.3, 0.4) is 0 Å². The predicted molar refractivity (Wildman–Crippen MR) is 106 cm³/mol. The highest BCUT2D eigenvalue weighted by molar-refractivity contribution is 5.90. The van der Waals surface area contributed by atoms with Crippen LogP contribution < -0.4 is 5.32 Å². The number of ether oxygens (including phenoxy) is 1. The molecular weight excluding hydrogens is 391 g/mol. The van der Waals surface area contributed by atoms with E-state index in [4.69, 9.17) is 6.11 Å². The Bertz CT molecular complexity index is 1120. The van der Waals surface area contributed by atoms with E-state index in [-0.39, 0.29) is 24.6 Å². The number of halogens is 3. The molecule has 0 amide bonds. The highest BCUT2D eigenvalue weighted by Gasteiger charge is 2.74. The molecule has 1 fully saturated rings. The van der Waals surface area contributed by atoms with E-state index in [1.165, 1.54) is 0 Å². The van der Waals surface area contributed by atoms with Crippen LogP contribution in [0, 0.1) is 17.5 Å². The molecule has 2 atom stereocenters. The van der Waals surface area contributed by atoms with Gasteiger partial charge in [0.15, 0.2) is 17.5 Å². The summed E-state index contributed by atoms with van der Waals surface area (Å²) < 4.78 is 55.1. The van der Waals surface area contributed by atoms with Gasteiger partial charge in [-0.15, -0.1) is 0 Å². The molecule has 3 aromatic carbocycles. The second-order valence-electron chi connectivity index (χ2n) is 7.19. The van der Waals surface area contributed by atoms with E-state index >= 15 is 0 Å². The Balaban J connectivity index is 1.91. The number of nitrogens with one attached hydrogen (secondary N) is 1. The van der Waals surface area contributed by atoms with Crippen molar-refractivity contribution >= 4 is 5.97 Å². The SMILES string of the molecule is [2H]c1ccccc1C1(c2ccccc2)N[C@@]1(Cc1cc(F)c(F)c(F)c1)C(=O)OCC. The summed E-state index contributed by atoms with van der Waals surface area (Å²) in [5.41, 5.74) is -1.27. The van der Waals surface area contributed by atoms with Crippen molar-refractivity contribution in [1.82, 2.24) is 5.32 Å². The number of hydrogen-bond acceptors (Lipinski definition) is 3. The number of benzene rings is 3. The standard InChI is InChI=1S/C24H20F3NO2/c1-2-30-22(29)23(15-16-13-19(25)21(27)20(26)14-16)24(28-23,17-9-5-3-6-10-17)18-11-7-4-8-12-18/h3-14,28H,2,15H2,1H3/t23-/m0/s1/i9D/t23-,24?. The molecule has 1 heterocycles. The Labute approximate surface area is 173 Å². The van der Waals surface area contributed by atoms with Gasteiger partial charge in [0, 0.05) is 6.42 Å². The summed E-state index contributed by atoms with van der Waals surface area (Å²) in [7, 11) is 0. The zero-order valence-corrected chi connectivity index (χ0v) is 16.2. The summed E-state index contributed by atoms with van der Waals surface area (Å²) in [6, 6.07) is 17.8. The van der Waals surface area contributed by atoms with Crippen molar-refractivity contribution in [2.75, 3.05) is 6.61 Å². The molecule has 0 spiro atoms. The van der Waals surface area contributed by atoms with Gasteiger partial charge in [-0.2, -0.15) is 0 Å². The molecule has 1 N–H and O–H groups in total. The van der Waals surface area contributed by atoms with E-state index in [2.05, 4.69) is 5.32 Å². The van der Waals surface area contributed by atoms with Gasteiger partial charge in [0.1, 0.15) is 5.54 Å². The van der Waals surface area contributed by atoms with Gasteiger partial charge < -0.3 is 4.74 Å². The largest absolute Gasteiger partial charge is 0.465 e. The topological polar surface area (TPSA) is 48.2 Å². The molecule has 30 heavy (non-hydrogen) atoms. The third-order valence-electron chi connectivity index (χ3n) is 5.44. The van der Waals surface area contributed by atoms with E-state index in [1.54, 1.807) is 43.3 Å². The number of carbonyl (C=O) groups excluding carboxylic acids is 1. The summed E-state index contributed by atoms with van der Waals surface area (Å²) in [5, 5.41) is 3.22. The van der Waals surface area contributed by atoms with E-state index in [0.717, 1.165) is 12.1 Å². The number of rotatable bonds is 6. The van der Waals surface area contributed by atoms with E-state index in [9.17, 15) is 18.0 Å². The molecule has 0 bridgehead atoms. The molecule has 0 aliphatic carbocycles. The van der Waals surface area contributed by atoms with Crippen LogP contribution in [0.4, 0.5) is 13.2 Å². The summed E-state index contributed by atoms with van der Waals surface area (Å²) in [6.07, 6.45) is -0.164. The van der Waals surface area contributed by atoms with Crippen molar-refractivity contribution in [3.63, 3.8) is 0 Å². The minimum Gasteiger partial charge on any atom is -0.465 e. The van der Waals surface area contributed by atoms with Gasteiger partial charge in [0.25, 0.3) is 0 Å². The van der Waals surface area contributed by atoms with Crippen LogP contribution in [0.25, 0.3) is 0 Å². The van der Waals surface area contributed by atoms with Gasteiger partial charge in [-0.05, 0) is 35.7 Å². The Morgan fingerprint density at radius 3 is 2.20 bits per heavy atom. The quantitative estimate of drug-likeness (QED) is 0.369. The van der Waals surface area contributed by atoms with Crippen molar-refractivity contribution < 1.29 is 24.1 Å². The Hall–Kier alpha value is -3.12. The molecule has 1 unspecified atom stereocenters. The molecule has 1 aliphatic rings. The van der Waals surface area contributed by atoms with Crippen molar-refractivity contribution in [2.45, 2.75) is 24.4 Å². The number of hydrogen-bond donors (Lipinski definition) is 1. The second-order valence-corrected chi connectivity index (χ2v) is 7.19. The maximum atomic E-state index is 13.9. The summed E-state index contributed by atoms with van der Waals surface area (Å²) in [5.74, 6) is -4.85. The van der Waals surface area contributed by atoms with Crippen LogP contribution in [0.2, 0.25) is 0 Å². The third kappa shape index (κ3) is 3.08. The van der Waals surface area contributed by atoms with Crippen molar-refractivity contribution in [1.29, 1.82) is 0 Å². The molecule has 3 aromatic rings. The van der Waals surface area contributed by atoms with Gasteiger partial charge >= 0.3 is 5.97 Å². The highest BCUT2D eigenvalue weighted by Crippen LogP contribution is 2.54. The fourth-order valence-corrected chi connectivity index (χ4v) is 4.10. The average Bonchev–Trinajstić information content (AvgIpc) is 3.43. The summed E-state index contributed by atoms with van der Waals surface area (Å²) in [6.45, 7) is 1.76. The molecule has 3 nitrogen and oxygen atoms in total. The first-order valence-electron chi connectivity index (χ1n) is 10.1. The lowest BCUT2D eigenvalue weighted by atomic mass is 9.77. The molecule has 154 valence electrons. The third-order valence-corrected chi connectivity index (χ3v) is 5.44. The van der Waals surface area contributed by atoms with Gasteiger partial charge in [-0.3, -0.25) is 5.32 Å². The Kier molecular flexibility index (Phi) is 4.79. The zero-order valence-electron chi connectivity index (χ0n) is 17.2. The molecule has 6 heteroatoms. The van der Waals surface area contributed by atoms with Crippen LogP contribution in [0.15, 0.2) is 72.8 Å². The lowest BCUT2D eigenvalue weighted by Gasteiger charge is -2.23. The zero-order chi connectivity index (χ0) is 22.2. The van der Waals surface area contributed by atoms with Gasteiger partial charge in [-0.1, -0.05) is 60.6 Å². The maximum Gasteiger partial charge on any atom is 0.329 e. The molecule has 1 saturated heterocycles. The Morgan fingerprint density at radius 1 is 1.00 bits per heavy atom. The number of carbonyl (C=O) groups is 1. The second kappa shape index (κ2) is 7.61. The highest BCUT2D eigenvalue weighted by atomic mass is 19.2. The average molecular weight is 412 g/mol. The van der Waals surface area contributed by atoms with Gasteiger partial charge in [0.05, 0.1) is 13.5 Å². The fourth-order valence-electron chi connectivity index (χ4n) is 4.10. The molecule has 4 rings (SSSR count). The minimum absolute atomic E-state index is 0.0946. The molecule has 0 aromatic heterocycles. The van der Waals surface area contributed by atoms with Crippen molar-refractivity contribution in [2.24, 2.45) is 0 Å². The van der Waals surface area contributed by atoms with Crippen LogP contribution in [0.5, 0.6) is 0 Å². The van der Waals surface area contributed by atoms with Crippen molar-refractivity contribution in [3.8, 4) is 0 Å². The molecule has 1 aliphatic heterocycles. The summed E-state index contributed by atoms with van der Waals surface area (Å²) in [4.78, 5) is 13.2. The first kappa shape index (κ1) is 18.9. The van der Waals surface area contributed by atoms with E-state index in [1.807, 2.05) is 18.2 Å². The lowest BCUT2D eigenvalue weighted by molar-refractivity contribution is -0.146. The van der Waals surface area contributed by atoms with E-state index in [0.29, 0.717) is 11.1 Å². The van der Waals surface area contributed by atoms with Crippen LogP contribution in [-0.4, -0.2) is 18.1 Å². The summed E-state index contributed by atoms with van der Waals surface area (Å²) >= 11 is 0. The smallest absolute Gasteiger partial charge is 0.329 e. The van der Waals surface area contributed by atoms with Crippen LogP contribution in [-0.2, 0) is 21.5 Å². The van der Waals surface area contributed by atoms with Crippen LogP contribution in [0.1, 0.15) is 25.0 Å². The normalized spacial score (nSPS) is 23.0. The Morgan fingerprint density at radius 2 is 1.60 bits per heavy atom. The van der Waals surface area contributed by atoms with E-state index < -0.39 is 34.5 Å². The molecule has 0 saturated carbocycles. The maximum absolute atomic E-state index is 13.9. The van der Waals surface area contributed by atoms with Crippen molar-refractivity contribution in [3.05, 3.63) is 107 Å². The minimum atomic E-state index is -1.57. The van der Waals surface area contributed by atoms with Gasteiger partial charge in [-0.25, -0.2) is 18.0 Å². The van der Waals surface area contributed by atoms with Gasteiger partial charge in [0.2, 0.25) is 0 Å².